The van der Waals surface area contributed by atoms with E-state index in [1.165, 1.54) is 0 Å². The minimum atomic E-state index is -0.591. The molecule has 3 nitrogen and oxygen atoms in total. The van der Waals surface area contributed by atoms with Crippen LogP contribution in [0.4, 0.5) is 0 Å². The van der Waals surface area contributed by atoms with Crippen molar-refractivity contribution in [1.29, 1.82) is 0 Å². The van der Waals surface area contributed by atoms with Crippen LogP contribution in [0.5, 0.6) is 5.88 Å². The first-order valence-corrected chi connectivity index (χ1v) is 7.36. The molecule has 0 N–H and O–H groups in total. The van der Waals surface area contributed by atoms with Gasteiger partial charge in [-0.2, -0.15) is 0 Å². The molecule has 0 aliphatic carbocycles. The van der Waals surface area contributed by atoms with Gasteiger partial charge in [-0.3, -0.25) is 4.68 Å². The molecule has 13 heavy (non-hydrogen) atoms. The van der Waals surface area contributed by atoms with Crippen LogP contribution >= 0.6 is 10.0 Å². The Morgan fingerprint density at radius 2 is 2.15 bits per heavy atom. The summed E-state index contributed by atoms with van der Waals surface area (Å²) in [5.74, 6) is 1.53. The van der Waals surface area contributed by atoms with E-state index < -0.39 is 10.0 Å². The first-order chi connectivity index (χ1) is 6.01. The lowest BCUT2D eigenvalue weighted by Gasteiger charge is -2.23. The zero-order valence-corrected chi connectivity index (χ0v) is 9.60. The summed E-state index contributed by atoms with van der Waals surface area (Å²) in [7, 11) is -0.591. The van der Waals surface area contributed by atoms with Crippen molar-refractivity contribution in [2.45, 2.75) is 13.5 Å². The lowest BCUT2D eigenvalue weighted by molar-refractivity contribution is 0.367. The third-order valence-electron chi connectivity index (χ3n) is 1.50. The summed E-state index contributed by atoms with van der Waals surface area (Å²) >= 11 is 0. The highest BCUT2D eigenvalue weighted by Crippen LogP contribution is 2.34. The molecule has 1 aromatic rings. The van der Waals surface area contributed by atoms with Crippen LogP contribution in [-0.4, -0.2) is 34.5 Å². The number of hydrogen-bond acceptors (Lipinski definition) is 2. The predicted molar refractivity (Wildman–Crippen MR) is 58.8 cm³/mol. The van der Waals surface area contributed by atoms with E-state index in [-0.39, 0.29) is 0 Å². The van der Waals surface area contributed by atoms with Gasteiger partial charge >= 0.3 is 0 Å². The lowest BCUT2D eigenvalue weighted by atomic mass is 10.7. The number of hydrogen-bond donors (Lipinski definition) is 0. The summed E-state index contributed by atoms with van der Waals surface area (Å²) in [6.45, 7) is 2.96. The smallest absolute Gasteiger partial charge is 0.233 e. The van der Waals surface area contributed by atoms with E-state index in [0.29, 0.717) is 0 Å². The fourth-order valence-corrected chi connectivity index (χ4v) is 1.31. The molecule has 0 spiro atoms. The van der Waals surface area contributed by atoms with Crippen LogP contribution in [0, 0.1) is 0 Å². The van der Waals surface area contributed by atoms with E-state index in [4.69, 9.17) is 4.74 Å². The third-order valence-corrected chi connectivity index (χ3v) is 2.33. The van der Waals surface area contributed by atoms with Gasteiger partial charge in [0.1, 0.15) is 5.94 Å². The molecular formula is C9H18N2OS. The van der Waals surface area contributed by atoms with Crippen LogP contribution < -0.4 is 4.74 Å². The number of ether oxygens (including phenoxy) is 1. The molecule has 0 aromatic carbocycles. The highest BCUT2D eigenvalue weighted by atomic mass is 32.3. The maximum absolute atomic E-state index is 5.56. The normalized spacial score (nSPS) is 12.9. The van der Waals surface area contributed by atoms with Crippen LogP contribution in [0.2, 0.25) is 0 Å². The predicted octanol–water partition coefficient (Wildman–Crippen LogP) is 1.93. The molecule has 1 heterocycles. The lowest BCUT2D eigenvalue weighted by Crippen LogP contribution is -2.06. The van der Waals surface area contributed by atoms with E-state index >= 15 is 0 Å². The second kappa shape index (κ2) is 4.05. The minimum absolute atomic E-state index is 0.591. The van der Waals surface area contributed by atoms with Crippen molar-refractivity contribution in [1.82, 2.24) is 9.78 Å². The van der Waals surface area contributed by atoms with Gasteiger partial charge in [0.25, 0.3) is 0 Å². The third kappa shape index (κ3) is 3.72. The topological polar surface area (TPSA) is 27.1 Å². The van der Waals surface area contributed by atoms with Crippen LogP contribution in [0.3, 0.4) is 0 Å². The van der Waals surface area contributed by atoms with Gasteiger partial charge in [-0.15, -0.1) is 5.10 Å². The Kier molecular flexibility index (Phi) is 3.25. The SMILES string of the molecule is CCn1ccc(OCS(C)(C)C)n1. The maximum atomic E-state index is 5.56. The fourth-order valence-electron chi connectivity index (χ4n) is 0.833. The maximum Gasteiger partial charge on any atom is 0.233 e. The van der Waals surface area contributed by atoms with Crippen molar-refractivity contribution in [3.63, 3.8) is 0 Å². The molecule has 0 bridgehead atoms. The molecule has 4 heteroatoms. The zero-order chi connectivity index (χ0) is 9.90. The summed E-state index contributed by atoms with van der Waals surface area (Å²) in [6.07, 6.45) is 8.62. The number of nitrogens with zero attached hydrogens (tertiary/aromatic N) is 2. The molecule has 0 unspecified atom stereocenters. The standard InChI is InChI=1S/C9H18N2OS/c1-5-11-7-6-9(10-11)12-8-13(2,3)4/h6-7H,5,8H2,1-4H3. The second-order valence-corrected chi connectivity index (χ2v) is 8.28. The van der Waals surface area contributed by atoms with E-state index in [9.17, 15) is 0 Å². The van der Waals surface area contributed by atoms with E-state index in [1.807, 2.05) is 16.9 Å². The van der Waals surface area contributed by atoms with Gasteiger partial charge in [0.15, 0.2) is 0 Å². The summed E-state index contributed by atoms with van der Waals surface area (Å²) in [5.41, 5.74) is 0. The quantitative estimate of drug-likeness (QED) is 0.746. The Labute approximate surface area is 81.4 Å². The van der Waals surface area contributed by atoms with E-state index in [0.717, 1.165) is 18.4 Å². The van der Waals surface area contributed by atoms with Crippen molar-refractivity contribution in [3.05, 3.63) is 12.3 Å². The van der Waals surface area contributed by atoms with Gasteiger partial charge in [-0.25, -0.2) is 10.0 Å². The molecule has 0 fully saturated rings. The molecule has 76 valence electrons. The van der Waals surface area contributed by atoms with Gasteiger partial charge in [0.2, 0.25) is 5.88 Å². The van der Waals surface area contributed by atoms with E-state index in [1.54, 1.807) is 0 Å². The zero-order valence-electron chi connectivity index (χ0n) is 8.78. The Bertz CT molecular complexity index is 265. The highest BCUT2D eigenvalue weighted by molar-refractivity contribution is 8.32. The largest absolute Gasteiger partial charge is 0.467 e. The van der Waals surface area contributed by atoms with Crippen LogP contribution in [0.15, 0.2) is 12.3 Å². The van der Waals surface area contributed by atoms with Gasteiger partial charge in [0.05, 0.1) is 0 Å². The Morgan fingerprint density at radius 1 is 1.46 bits per heavy atom. The Balaban J connectivity index is 2.46. The van der Waals surface area contributed by atoms with Crippen molar-refractivity contribution in [2.75, 3.05) is 24.7 Å². The molecule has 0 aliphatic heterocycles. The summed E-state index contributed by atoms with van der Waals surface area (Å²) in [6, 6.07) is 1.91. The molecule has 1 rings (SSSR count). The van der Waals surface area contributed by atoms with Gasteiger partial charge in [0, 0.05) is 18.8 Å². The average molecular weight is 202 g/mol. The van der Waals surface area contributed by atoms with Gasteiger partial charge < -0.3 is 4.74 Å². The molecule has 0 saturated carbocycles. The molecule has 0 atom stereocenters. The molecular weight excluding hydrogens is 184 g/mol. The fraction of sp³-hybridized carbons (Fsp3) is 0.667. The highest BCUT2D eigenvalue weighted by Gasteiger charge is 2.06. The second-order valence-electron chi connectivity index (χ2n) is 3.86. The Hall–Kier alpha value is -0.640. The molecule has 0 aliphatic rings. The monoisotopic (exact) mass is 202 g/mol. The summed E-state index contributed by atoms with van der Waals surface area (Å²) in [5, 5.41) is 4.24. The summed E-state index contributed by atoms with van der Waals surface area (Å²) < 4.78 is 7.43. The first kappa shape index (κ1) is 10.4. The molecule has 0 saturated heterocycles. The van der Waals surface area contributed by atoms with Crippen molar-refractivity contribution < 1.29 is 4.74 Å². The number of aromatic nitrogens is 2. The summed E-state index contributed by atoms with van der Waals surface area (Å²) in [4.78, 5) is 0. The Morgan fingerprint density at radius 3 is 2.62 bits per heavy atom. The first-order valence-electron chi connectivity index (χ1n) is 4.33. The van der Waals surface area contributed by atoms with Crippen molar-refractivity contribution in [2.24, 2.45) is 0 Å². The molecule has 0 amide bonds. The van der Waals surface area contributed by atoms with Gasteiger partial charge in [-0.05, 0) is 25.7 Å². The average Bonchev–Trinajstić information content (AvgIpc) is 2.47. The van der Waals surface area contributed by atoms with E-state index in [2.05, 4.69) is 30.8 Å². The number of rotatable bonds is 4. The minimum Gasteiger partial charge on any atom is -0.467 e. The van der Waals surface area contributed by atoms with Crippen molar-refractivity contribution in [3.8, 4) is 5.88 Å². The van der Waals surface area contributed by atoms with Gasteiger partial charge in [-0.1, -0.05) is 0 Å². The van der Waals surface area contributed by atoms with Crippen molar-refractivity contribution >= 4 is 10.0 Å². The van der Waals surface area contributed by atoms with Crippen LogP contribution in [-0.2, 0) is 6.54 Å². The number of aryl methyl sites for hydroxylation is 1. The van der Waals surface area contributed by atoms with Crippen LogP contribution in [0.25, 0.3) is 0 Å². The molecule has 0 radical (unpaired) electrons. The van der Waals surface area contributed by atoms with Crippen LogP contribution in [0.1, 0.15) is 6.92 Å². The molecule has 1 aromatic heterocycles.